The highest BCUT2D eigenvalue weighted by atomic mass is 19.4. The second kappa shape index (κ2) is 2.64. The Kier molecular flexibility index (Phi) is 2.34. The van der Waals surface area contributed by atoms with Gasteiger partial charge < -0.3 is 0 Å². The van der Waals surface area contributed by atoms with Crippen LogP contribution in [0.2, 0.25) is 0 Å². The molecule has 56 valence electrons. The van der Waals surface area contributed by atoms with Crippen LogP contribution in [0.15, 0.2) is 12.2 Å². The van der Waals surface area contributed by atoms with Gasteiger partial charge in [0.25, 0.3) is 5.78 Å². The second-order valence-corrected chi connectivity index (χ2v) is 1.47. The molecule has 0 aromatic rings. The van der Waals surface area contributed by atoms with Crippen LogP contribution in [0.5, 0.6) is 0 Å². The summed E-state index contributed by atoms with van der Waals surface area (Å²) in [5, 5.41) is 0. The van der Waals surface area contributed by atoms with E-state index in [1.807, 2.05) is 0 Å². The first-order valence-electron chi connectivity index (χ1n) is 2.15. The highest BCUT2D eigenvalue weighted by Crippen LogP contribution is 2.18. The molecule has 0 N–H and O–H groups in total. The summed E-state index contributed by atoms with van der Waals surface area (Å²) in [7, 11) is 0. The molecule has 0 bridgehead atoms. The average molecular weight is 152 g/mol. The lowest BCUT2D eigenvalue weighted by Crippen LogP contribution is -2.24. The first-order valence-corrected chi connectivity index (χ1v) is 2.15. The molecule has 0 saturated carbocycles. The van der Waals surface area contributed by atoms with Crippen molar-refractivity contribution in [2.75, 3.05) is 0 Å². The predicted octanol–water partition coefficient (Wildman–Crippen LogP) is 0.873. The molecule has 0 aromatic heterocycles. The lowest BCUT2D eigenvalue weighted by molar-refractivity contribution is -0.166. The molecule has 0 aromatic carbocycles. The molecule has 0 unspecified atom stereocenters. The largest absolute Gasteiger partial charge is 0.454 e. The van der Waals surface area contributed by atoms with Gasteiger partial charge in [-0.25, -0.2) is 0 Å². The van der Waals surface area contributed by atoms with Crippen LogP contribution in [0.25, 0.3) is 0 Å². The van der Waals surface area contributed by atoms with Crippen LogP contribution in [-0.2, 0) is 9.59 Å². The second-order valence-electron chi connectivity index (χ2n) is 1.47. The van der Waals surface area contributed by atoms with Crippen LogP contribution in [0.1, 0.15) is 0 Å². The number of aldehydes is 1. The van der Waals surface area contributed by atoms with Gasteiger partial charge in [0.15, 0.2) is 6.29 Å². The van der Waals surface area contributed by atoms with Gasteiger partial charge >= 0.3 is 6.18 Å². The summed E-state index contributed by atoms with van der Waals surface area (Å²) in [5.41, 5.74) is -1.08. The third kappa shape index (κ3) is 2.00. The molecule has 0 atom stereocenters. The molecule has 0 aliphatic heterocycles. The van der Waals surface area contributed by atoms with Crippen molar-refractivity contribution in [2.24, 2.45) is 0 Å². The van der Waals surface area contributed by atoms with Gasteiger partial charge in [0, 0.05) is 0 Å². The highest BCUT2D eigenvalue weighted by Gasteiger charge is 2.39. The van der Waals surface area contributed by atoms with E-state index in [4.69, 9.17) is 0 Å². The molecule has 5 heteroatoms. The first kappa shape index (κ1) is 8.87. The standard InChI is InChI=1S/C5H3F3O2/c1-3(2-9)4(10)5(6,7)8/h2H,1H2. The summed E-state index contributed by atoms with van der Waals surface area (Å²) in [4.78, 5) is 19.5. The van der Waals surface area contributed by atoms with Crippen LogP contribution < -0.4 is 0 Å². The number of allylic oxidation sites excluding steroid dienone is 1. The molecular weight excluding hydrogens is 149 g/mol. The SMILES string of the molecule is C=C(C=O)C(=O)C(F)(F)F. The fourth-order valence-electron chi connectivity index (χ4n) is 0.236. The Labute approximate surface area is 54.3 Å². The molecule has 0 rings (SSSR count). The van der Waals surface area contributed by atoms with Gasteiger partial charge in [0.05, 0.1) is 5.57 Å². The molecule has 0 radical (unpaired) electrons. The summed E-state index contributed by atoms with van der Waals surface area (Å²) in [6.45, 7) is 2.60. The topological polar surface area (TPSA) is 34.1 Å². The van der Waals surface area contributed by atoms with Crippen molar-refractivity contribution < 1.29 is 22.8 Å². The van der Waals surface area contributed by atoms with Crippen LogP contribution in [0.3, 0.4) is 0 Å². The summed E-state index contributed by atoms with van der Waals surface area (Å²) >= 11 is 0. The zero-order valence-electron chi connectivity index (χ0n) is 4.73. The lowest BCUT2D eigenvalue weighted by atomic mass is 10.2. The number of carbonyl (C=O) groups is 2. The van der Waals surface area contributed by atoms with E-state index in [0.29, 0.717) is 0 Å². The number of alkyl halides is 3. The average Bonchev–Trinajstić information content (AvgIpc) is 1.83. The van der Waals surface area contributed by atoms with Gasteiger partial charge in [-0.15, -0.1) is 0 Å². The smallest absolute Gasteiger partial charge is 0.298 e. The van der Waals surface area contributed by atoms with Gasteiger partial charge in [0.1, 0.15) is 0 Å². The van der Waals surface area contributed by atoms with Crippen LogP contribution in [0.4, 0.5) is 13.2 Å². The van der Waals surface area contributed by atoms with Crippen molar-refractivity contribution in [1.82, 2.24) is 0 Å². The van der Waals surface area contributed by atoms with E-state index in [-0.39, 0.29) is 6.29 Å². The van der Waals surface area contributed by atoms with E-state index >= 15 is 0 Å². The molecule has 0 heterocycles. The van der Waals surface area contributed by atoms with Crippen molar-refractivity contribution in [3.05, 3.63) is 12.2 Å². The third-order valence-corrected chi connectivity index (χ3v) is 0.691. The minimum Gasteiger partial charge on any atom is -0.298 e. The monoisotopic (exact) mass is 152 g/mol. The molecule has 0 saturated heterocycles. The molecule has 0 fully saturated rings. The van der Waals surface area contributed by atoms with E-state index < -0.39 is 17.5 Å². The first-order chi connectivity index (χ1) is 4.39. The predicted molar refractivity (Wildman–Crippen MR) is 26.3 cm³/mol. The number of halogens is 3. The minimum absolute atomic E-state index is 0.226. The lowest BCUT2D eigenvalue weighted by Gasteiger charge is -2.01. The molecule has 0 aliphatic carbocycles. The maximum atomic E-state index is 11.3. The normalized spacial score (nSPS) is 10.7. The van der Waals surface area contributed by atoms with Gasteiger partial charge in [-0.1, -0.05) is 6.58 Å². The molecule has 2 nitrogen and oxygen atoms in total. The van der Waals surface area contributed by atoms with Gasteiger partial charge in [-0.3, -0.25) is 9.59 Å². The molecular formula is C5H3F3O2. The highest BCUT2D eigenvalue weighted by molar-refractivity contribution is 6.13. The Morgan fingerprint density at radius 2 is 1.80 bits per heavy atom. The van der Waals surface area contributed by atoms with Crippen molar-refractivity contribution in [3.63, 3.8) is 0 Å². The van der Waals surface area contributed by atoms with Gasteiger partial charge in [-0.05, 0) is 0 Å². The number of rotatable bonds is 2. The maximum absolute atomic E-state index is 11.3. The van der Waals surface area contributed by atoms with E-state index in [2.05, 4.69) is 6.58 Å². The summed E-state index contributed by atoms with van der Waals surface area (Å²) in [5.74, 6) is -2.19. The van der Waals surface area contributed by atoms with E-state index in [1.165, 1.54) is 0 Å². The summed E-state index contributed by atoms with van der Waals surface area (Å²) < 4.78 is 34.0. The van der Waals surface area contributed by atoms with Crippen LogP contribution >= 0.6 is 0 Å². The minimum atomic E-state index is -4.99. The van der Waals surface area contributed by atoms with Crippen molar-refractivity contribution in [2.45, 2.75) is 6.18 Å². The van der Waals surface area contributed by atoms with Crippen molar-refractivity contribution in [1.29, 1.82) is 0 Å². The van der Waals surface area contributed by atoms with Gasteiger partial charge in [-0.2, -0.15) is 13.2 Å². The Morgan fingerprint density at radius 3 is 1.90 bits per heavy atom. The Balaban J connectivity index is 4.38. The molecule has 0 spiro atoms. The zero-order valence-corrected chi connectivity index (χ0v) is 4.73. The quantitative estimate of drug-likeness (QED) is 0.254. The van der Waals surface area contributed by atoms with E-state index in [0.717, 1.165) is 0 Å². The molecule has 0 amide bonds. The maximum Gasteiger partial charge on any atom is 0.454 e. The Hall–Kier alpha value is -1.13. The van der Waals surface area contributed by atoms with Crippen molar-refractivity contribution >= 4 is 12.1 Å². The number of hydrogen-bond donors (Lipinski definition) is 0. The fourth-order valence-corrected chi connectivity index (χ4v) is 0.236. The fraction of sp³-hybridized carbons (Fsp3) is 0.200. The molecule has 0 aliphatic rings. The van der Waals surface area contributed by atoms with Gasteiger partial charge in [0.2, 0.25) is 0 Å². The van der Waals surface area contributed by atoms with Crippen molar-refractivity contribution in [3.8, 4) is 0 Å². The Bertz CT molecular complexity index is 180. The third-order valence-electron chi connectivity index (χ3n) is 0.691. The Morgan fingerprint density at radius 1 is 1.40 bits per heavy atom. The number of carbonyl (C=O) groups excluding carboxylic acids is 2. The van der Waals surface area contributed by atoms with Crippen LogP contribution in [-0.4, -0.2) is 18.2 Å². The summed E-state index contributed by atoms with van der Waals surface area (Å²) in [6, 6.07) is 0. The van der Waals surface area contributed by atoms with E-state index in [1.54, 1.807) is 0 Å². The van der Waals surface area contributed by atoms with Crippen LogP contribution in [0, 0.1) is 0 Å². The zero-order chi connectivity index (χ0) is 8.36. The number of ketones is 1. The molecule has 10 heavy (non-hydrogen) atoms. The summed E-state index contributed by atoms with van der Waals surface area (Å²) in [6.07, 6.45) is -5.21. The number of Topliss-reactive ketones (excluding diaryl/α,β-unsaturated/α-hetero) is 1. The number of hydrogen-bond acceptors (Lipinski definition) is 2. The van der Waals surface area contributed by atoms with E-state index in [9.17, 15) is 22.8 Å².